The molecule has 19 heavy (non-hydrogen) atoms. The first kappa shape index (κ1) is 14.9. The molecule has 106 valence electrons. The van der Waals surface area contributed by atoms with Crippen LogP contribution in [0, 0.1) is 0 Å². The van der Waals surface area contributed by atoms with Gasteiger partial charge in [-0.05, 0) is 13.3 Å². The number of alkyl carbamates (subject to hydrolysis) is 1. The Labute approximate surface area is 111 Å². The van der Waals surface area contributed by atoms with E-state index in [1.165, 1.54) is 7.11 Å². The monoisotopic (exact) mass is 269 g/mol. The number of hydrogen-bond acceptors (Lipinski definition) is 5. The van der Waals surface area contributed by atoms with E-state index < -0.39 is 12.1 Å². The van der Waals surface area contributed by atoms with Crippen molar-refractivity contribution < 1.29 is 14.3 Å². The third-order valence-electron chi connectivity index (χ3n) is 2.49. The molecule has 0 unspecified atom stereocenters. The summed E-state index contributed by atoms with van der Waals surface area (Å²) >= 11 is 0. The fraction of sp³-hybridized carbons (Fsp3) is 0.636. The Hall–Kier alpha value is -2.12. The lowest BCUT2D eigenvalue weighted by molar-refractivity contribution is -0.122. The Morgan fingerprint density at radius 1 is 1.53 bits per heavy atom. The van der Waals surface area contributed by atoms with Gasteiger partial charge in [-0.15, -0.1) is 10.2 Å². The van der Waals surface area contributed by atoms with Crippen LogP contribution in [0.1, 0.15) is 26.1 Å². The van der Waals surface area contributed by atoms with Crippen molar-refractivity contribution in [3.05, 3.63) is 12.2 Å². The number of carbonyl (C=O) groups is 2. The predicted octanol–water partition coefficient (Wildman–Crippen LogP) is 0.0488. The van der Waals surface area contributed by atoms with Gasteiger partial charge in [-0.2, -0.15) is 0 Å². The SMILES string of the molecule is CCCn1cnnc1CNC(=O)[C@H](C)NC(=O)OC. The number of ether oxygens (including phenoxy) is 1. The Kier molecular flexibility index (Phi) is 5.77. The first-order chi connectivity index (χ1) is 9.08. The van der Waals surface area contributed by atoms with Crippen LogP contribution in [0.3, 0.4) is 0 Å². The summed E-state index contributed by atoms with van der Waals surface area (Å²) in [5.74, 6) is 0.372. The summed E-state index contributed by atoms with van der Waals surface area (Å²) in [5.41, 5.74) is 0. The van der Waals surface area contributed by atoms with Gasteiger partial charge in [0.25, 0.3) is 0 Å². The third-order valence-corrected chi connectivity index (χ3v) is 2.49. The quantitative estimate of drug-likeness (QED) is 0.760. The lowest BCUT2D eigenvalue weighted by Gasteiger charge is -2.13. The minimum Gasteiger partial charge on any atom is -0.453 e. The van der Waals surface area contributed by atoms with Crippen LogP contribution in [0.25, 0.3) is 0 Å². The number of aryl methyl sites for hydroxylation is 1. The Bertz CT molecular complexity index is 432. The van der Waals surface area contributed by atoms with Crippen molar-refractivity contribution >= 4 is 12.0 Å². The van der Waals surface area contributed by atoms with Crippen LogP contribution < -0.4 is 10.6 Å². The molecule has 1 rings (SSSR count). The third kappa shape index (κ3) is 4.57. The van der Waals surface area contributed by atoms with Gasteiger partial charge < -0.3 is 19.9 Å². The molecule has 0 radical (unpaired) electrons. The van der Waals surface area contributed by atoms with Gasteiger partial charge >= 0.3 is 6.09 Å². The van der Waals surface area contributed by atoms with E-state index in [9.17, 15) is 9.59 Å². The van der Waals surface area contributed by atoms with E-state index in [-0.39, 0.29) is 12.5 Å². The molecular weight excluding hydrogens is 250 g/mol. The highest BCUT2D eigenvalue weighted by Crippen LogP contribution is 1.97. The molecule has 1 aromatic heterocycles. The van der Waals surface area contributed by atoms with Gasteiger partial charge in [0.1, 0.15) is 12.4 Å². The lowest BCUT2D eigenvalue weighted by Crippen LogP contribution is -2.44. The van der Waals surface area contributed by atoms with Crippen LogP contribution >= 0.6 is 0 Å². The molecule has 0 saturated carbocycles. The molecule has 0 aliphatic heterocycles. The maximum atomic E-state index is 11.7. The predicted molar refractivity (Wildman–Crippen MR) is 67.2 cm³/mol. The lowest BCUT2D eigenvalue weighted by atomic mass is 10.3. The Morgan fingerprint density at radius 3 is 2.89 bits per heavy atom. The number of hydrogen-bond donors (Lipinski definition) is 2. The van der Waals surface area contributed by atoms with Crippen molar-refractivity contribution in [3.8, 4) is 0 Å². The molecule has 0 fully saturated rings. The van der Waals surface area contributed by atoms with E-state index in [0.717, 1.165) is 13.0 Å². The van der Waals surface area contributed by atoms with E-state index >= 15 is 0 Å². The zero-order valence-corrected chi connectivity index (χ0v) is 11.3. The smallest absolute Gasteiger partial charge is 0.407 e. The largest absolute Gasteiger partial charge is 0.453 e. The molecule has 0 aliphatic rings. The van der Waals surface area contributed by atoms with Crippen molar-refractivity contribution in [2.75, 3.05) is 7.11 Å². The van der Waals surface area contributed by atoms with Gasteiger partial charge in [-0.25, -0.2) is 4.79 Å². The number of nitrogens with zero attached hydrogens (tertiary/aromatic N) is 3. The molecule has 1 atom stereocenters. The van der Waals surface area contributed by atoms with Crippen molar-refractivity contribution in [2.24, 2.45) is 0 Å². The number of rotatable bonds is 6. The maximum Gasteiger partial charge on any atom is 0.407 e. The van der Waals surface area contributed by atoms with E-state index in [1.54, 1.807) is 13.3 Å². The molecular formula is C11H19N5O3. The summed E-state index contributed by atoms with van der Waals surface area (Å²) in [6.07, 6.45) is 1.94. The average Bonchev–Trinajstić information content (AvgIpc) is 2.83. The summed E-state index contributed by atoms with van der Waals surface area (Å²) in [6.45, 7) is 4.69. The number of methoxy groups -OCH3 is 1. The highest BCUT2D eigenvalue weighted by molar-refractivity contribution is 5.85. The highest BCUT2D eigenvalue weighted by Gasteiger charge is 2.16. The van der Waals surface area contributed by atoms with Gasteiger partial charge in [0.15, 0.2) is 5.82 Å². The van der Waals surface area contributed by atoms with Gasteiger partial charge in [0, 0.05) is 6.54 Å². The number of nitrogens with one attached hydrogen (secondary N) is 2. The molecule has 1 heterocycles. The summed E-state index contributed by atoms with van der Waals surface area (Å²) in [5, 5.41) is 12.8. The first-order valence-electron chi connectivity index (χ1n) is 6.07. The standard InChI is InChI=1S/C11H19N5O3/c1-4-5-16-7-13-15-9(16)6-12-10(17)8(2)14-11(18)19-3/h7-8H,4-6H2,1-3H3,(H,12,17)(H,14,18)/t8-/m0/s1. The normalized spacial score (nSPS) is 11.7. The molecule has 0 saturated heterocycles. The maximum absolute atomic E-state index is 11.7. The Morgan fingerprint density at radius 2 is 2.26 bits per heavy atom. The fourth-order valence-corrected chi connectivity index (χ4v) is 1.46. The minimum atomic E-state index is -0.671. The number of aromatic nitrogens is 3. The average molecular weight is 269 g/mol. The molecule has 0 spiro atoms. The minimum absolute atomic E-state index is 0.270. The summed E-state index contributed by atoms with van der Waals surface area (Å²) in [4.78, 5) is 22.7. The van der Waals surface area contributed by atoms with Crippen LogP contribution in [-0.2, 0) is 22.6 Å². The Balaban J connectivity index is 2.45. The van der Waals surface area contributed by atoms with E-state index in [1.807, 2.05) is 11.5 Å². The zero-order valence-electron chi connectivity index (χ0n) is 11.3. The number of amides is 2. The van der Waals surface area contributed by atoms with Crippen LogP contribution in [0.5, 0.6) is 0 Å². The topological polar surface area (TPSA) is 98.1 Å². The molecule has 1 aromatic rings. The van der Waals surface area contributed by atoms with Gasteiger partial charge in [0.05, 0.1) is 13.7 Å². The van der Waals surface area contributed by atoms with Crippen LogP contribution in [0.2, 0.25) is 0 Å². The molecule has 2 N–H and O–H groups in total. The molecule has 0 aliphatic carbocycles. The van der Waals surface area contributed by atoms with Crippen LogP contribution in [0.4, 0.5) is 4.79 Å². The molecule has 0 bridgehead atoms. The van der Waals surface area contributed by atoms with E-state index in [4.69, 9.17) is 0 Å². The van der Waals surface area contributed by atoms with Gasteiger partial charge in [0.2, 0.25) is 5.91 Å². The second-order valence-corrected chi connectivity index (χ2v) is 4.02. The van der Waals surface area contributed by atoms with E-state index in [2.05, 4.69) is 25.6 Å². The highest BCUT2D eigenvalue weighted by atomic mass is 16.5. The van der Waals surface area contributed by atoms with Crippen LogP contribution in [0.15, 0.2) is 6.33 Å². The summed E-state index contributed by atoms with van der Waals surface area (Å²) < 4.78 is 6.29. The summed E-state index contributed by atoms with van der Waals surface area (Å²) in [7, 11) is 1.24. The van der Waals surface area contributed by atoms with Crippen molar-refractivity contribution in [2.45, 2.75) is 39.4 Å². The van der Waals surface area contributed by atoms with Crippen LogP contribution in [-0.4, -0.2) is 39.9 Å². The second-order valence-electron chi connectivity index (χ2n) is 4.02. The van der Waals surface area contributed by atoms with Crippen molar-refractivity contribution in [1.29, 1.82) is 0 Å². The molecule has 8 heteroatoms. The zero-order chi connectivity index (χ0) is 14.3. The fourth-order valence-electron chi connectivity index (χ4n) is 1.46. The van der Waals surface area contributed by atoms with E-state index in [0.29, 0.717) is 5.82 Å². The van der Waals surface area contributed by atoms with Gasteiger partial charge in [-0.3, -0.25) is 4.79 Å². The molecule has 0 aromatic carbocycles. The second kappa shape index (κ2) is 7.34. The number of carbonyl (C=O) groups excluding carboxylic acids is 2. The van der Waals surface area contributed by atoms with Gasteiger partial charge in [-0.1, -0.05) is 6.92 Å². The summed E-state index contributed by atoms with van der Waals surface area (Å²) in [6, 6.07) is -0.671. The molecule has 8 nitrogen and oxygen atoms in total. The first-order valence-corrected chi connectivity index (χ1v) is 6.07. The molecule has 2 amide bonds. The van der Waals surface area contributed by atoms with Crippen molar-refractivity contribution in [1.82, 2.24) is 25.4 Å². The van der Waals surface area contributed by atoms with Crippen molar-refractivity contribution in [3.63, 3.8) is 0 Å².